The molecule has 0 aliphatic heterocycles. The van der Waals surface area contributed by atoms with Crippen LogP contribution in [0.4, 0.5) is 0 Å². The predicted octanol–water partition coefficient (Wildman–Crippen LogP) is 2.86. The number of pyridine rings is 1. The molecule has 15 heavy (non-hydrogen) atoms. The number of halogens is 1. The van der Waals surface area contributed by atoms with Crippen LogP contribution in [0.1, 0.15) is 5.56 Å². The highest BCUT2D eigenvalue weighted by Crippen LogP contribution is 2.25. The first kappa shape index (κ1) is 10.1. The van der Waals surface area contributed by atoms with E-state index in [0.717, 1.165) is 16.7 Å². The number of nitrogens with zero attached hydrogens (tertiary/aromatic N) is 1. The predicted molar refractivity (Wildman–Crippen MR) is 62.6 cm³/mol. The molecule has 0 amide bonds. The lowest BCUT2D eigenvalue weighted by atomic mass is 10.0. The summed E-state index contributed by atoms with van der Waals surface area (Å²) in [5.41, 5.74) is 8.87. The Morgan fingerprint density at radius 1 is 1.27 bits per heavy atom. The summed E-state index contributed by atoms with van der Waals surface area (Å²) >= 11 is 5.91. The van der Waals surface area contributed by atoms with Crippen LogP contribution in [0.15, 0.2) is 42.7 Å². The standard InChI is InChI=1S/C12H11ClN2/c13-11-3-4-12(10(6-11)7-14)9-2-1-5-15-8-9/h1-6,8H,7,14H2. The Hall–Kier alpha value is -1.38. The third-order valence-electron chi connectivity index (χ3n) is 2.26. The minimum absolute atomic E-state index is 0.477. The highest BCUT2D eigenvalue weighted by molar-refractivity contribution is 6.30. The molecule has 1 heterocycles. The smallest absolute Gasteiger partial charge is 0.0409 e. The maximum absolute atomic E-state index is 5.91. The molecule has 0 saturated carbocycles. The fourth-order valence-electron chi connectivity index (χ4n) is 1.53. The summed E-state index contributed by atoms with van der Waals surface area (Å²) in [4.78, 5) is 4.09. The number of rotatable bonds is 2. The topological polar surface area (TPSA) is 38.9 Å². The number of aromatic nitrogens is 1. The summed E-state index contributed by atoms with van der Waals surface area (Å²) in [5, 5.41) is 0.711. The number of hydrogen-bond acceptors (Lipinski definition) is 2. The van der Waals surface area contributed by atoms with E-state index < -0.39 is 0 Å². The van der Waals surface area contributed by atoms with Crippen molar-refractivity contribution in [2.24, 2.45) is 5.73 Å². The van der Waals surface area contributed by atoms with Crippen molar-refractivity contribution in [1.82, 2.24) is 4.98 Å². The second-order valence-corrected chi connectivity index (χ2v) is 3.68. The van der Waals surface area contributed by atoms with Crippen LogP contribution in [-0.4, -0.2) is 4.98 Å². The van der Waals surface area contributed by atoms with Crippen molar-refractivity contribution >= 4 is 11.6 Å². The Morgan fingerprint density at radius 2 is 2.13 bits per heavy atom. The van der Waals surface area contributed by atoms with E-state index in [2.05, 4.69) is 4.98 Å². The highest BCUT2D eigenvalue weighted by Gasteiger charge is 2.04. The van der Waals surface area contributed by atoms with E-state index in [1.54, 1.807) is 6.20 Å². The Kier molecular flexibility index (Phi) is 2.99. The maximum atomic E-state index is 5.91. The highest BCUT2D eigenvalue weighted by atomic mass is 35.5. The van der Waals surface area contributed by atoms with Crippen molar-refractivity contribution in [2.45, 2.75) is 6.54 Å². The quantitative estimate of drug-likeness (QED) is 0.842. The van der Waals surface area contributed by atoms with Crippen LogP contribution in [-0.2, 0) is 6.54 Å². The second kappa shape index (κ2) is 4.43. The third kappa shape index (κ3) is 2.17. The summed E-state index contributed by atoms with van der Waals surface area (Å²) in [6, 6.07) is 9.65. The van der Waals surface area contributed by atoms with Crippen molar-refractivity contribution in [3.8, 4) is 11.1 Å². The molecule has 2 aromatic rings. The molecule has 0 bridgehead atoms. The van der Waals surface area contributed by atoms with Gasteiger partial charge in [-0.05, 0) is 29.3 Å². The summed E-state index contributed by atoms with van der Waals surface area (Å²) in [6.45, 7) is 0.477. The van der Waals surface area contributed by atoms with E-state index >= 15 is 0 Å². The van der Waals surface area contributed by atoms with Gasteiger partial charge in [-0.25, -0.2) is 0 Å². The van der Waals surface area contributed by atoms with Crippen molar-refractivity contribution in [3.05, 3.63) is 53.3 Å². The summed E-state index contributed by atoms with van der Waals surface area (Å²) in [6.07, 6.45) is 3.57. The monoisotopic (exact) mass is 218 g/mol. The summed E-state index contributed by atoms with van der Waals surface area (Å²) in [7, 11) is 0. The zero-order valence-corrected chi connectivity index (χ0v) is 8.91. The van der Waals surface area contributed by atoms with E-state index in [-0.39, 0.29) is 0 Å². The molecule has 2 rings (SSSR count). The molecule has 0 aliphatic rings. The molecule has 3 heteroatoms. The van der Waals surface area contributed by atoms with Gasteiger partial charge in [-0.2, -0.15) is 0 Å². The lowest BCUT2D eigenvalue weighted by Crippen LogP contribution is -1.98. The number of nitrogens with two attached hydrogens (primary N) is 1. The Morgan fingerprint density at radius 3 is 2.80 bits per heavy atom. The first-order valence-corrected chi connectivity index (χ1v) is 5.08. The van der Waals surface area contributed by atoms with E-state index in [0.29, 0.717) is 11.6 Å². The molecule has 76 valence electrons. The van der Waals surface area contributed by atoms with E-state index in [4.69, 9.17) is 17.3 Å². The molecule has 0 spiro atoms. The maximum Gasteiger partial charge on any atom is 0.0409 e. The molecule has 1 aromatic heterocycles. The average Bonchev–Trinajstić information content (AvgIpc) is 2.30. The molecule has 0 aliphatic carbocycles. The minimum Gasteiger partial charge on any atom is -0.326 e. The zero-order chi connectivity index (χ0) is 10.7. The lowest BCUT2D eigenvalue weighted by Gasteiger charge is -2.07. The van der Waals surface area contributed by atoms with Gasteiger partial charge in [0, 0.05) is 29.5 Å². The van der Waals surface area contributed by atoms with Gasteiger partial charge in [-0.15, -0.1) is 0 Å². The van der Waals surface area contributed by atoms with Crippen molar-refractivity contribution in [1.29, 1.82) is 0 Å². The molecule has 0 atom stereocenters. The Balaban J connectivity index is 2.53. The van der Waals surface area contributed by atoms with Crippen molar-refractivity contribution < 1.29 is 0 Å². The van der Waals surface area contributed by atoms with E-state index in [1.165, 1.54) is 0 Å². The number of benzene rings is 1. The third-order valence-corrected chi connectivity index (χ3v) is 2.49. The molecule has 0 saturated heterocycles. The summed E-state index contributed by atoms with van der Waals surface area (Å²) < 4.78 is 0. The van der Waals surface area contributed by atoms with Crippen LogP contribution in [0.25, 0.3) is 11.1 Å². The van der Waals surface area contributed by atoms with E-state index in [1.807, 2.05) is 36.5 Å². The van der Waals surface area contributed by atoms with Crippen LogP contribution in [0.2, 0.25) is 5.02 Å². The van der Waals surface area contributed by atoms with Gasteiger partial charge in [0.05, 0.1) is 0 Å². The van der Waals surface area contributed by atoms with Gasteiger partial charge < -0.3 is 5.73 Å². The molecule has 0 fully saturated rings. The van der Waals surface area contributed by atoms with Gasteiger partial charge in [0.15, 0.2) is 0 Å². The fourth-order valence-corrected chi connectivity index (χ4v) is 1.73. The first-order valence-electron chi connectivity index (χ1n) is 4.70. The SMILES string of the molecule is NCc1cc(Cl)ccc1-c1cccnc1. The molecule has 0 radical (unpaired) electrons. The van der Waals surface area contributed by atoms with Crippen LogP contribution in [0.3, 0.4) is 0 Å². The largest absolute Gasteiger partial charge is 0.326 e. The van der Waals surface area contributed by atoms with Crippen LogP contribution >= 0.6 is 11.6 Å². The molecular weight excluding hydrogens is 208 g/mol. The molecule has 0 unspecified atom stereocenters. The molecule has 2 nitrogen and oxygen atoms in total. The number of hydrogen-bond donors (Lipinski definition) is 1. The molecule has 1 aromatic carbocycles. The Labute approximate surface area is 93.7 Å². The zero-order valence-electron chi connectivity index (χ0n) is 8.15. The van der Waals surface area contributed by atoms with Gasteiger partial charge >= 0.3 is 0 Å². The summed E-state index contributed by atoms with van der Waals surface area (Å²) in [5.74, 6) is 0. The van der Waals surface area contributed by atoms with Gasteiger partial charge in [-0.3, -0.25) is 4.98 Å². The molecular formula is C12H11ClN2. The van der Waals surface area contributed by atoms with Gasteiger partial charge in [0.25, 0.3) is 0 Å². The van der Waals surface area contributed by atoms with Crippen LogP contribution in [0.5, 0.6) is 0 Å². The second-order valence-electron chi connectivity index (χ2n) is 3.25. The Bertz CT molecular complexity index is 454. The molecule has 2 N–H and O–H groups in total. The van der Waals surface area contributed by atoms with Gasteiger partial charge in [0.2, 0.25) is 0 Å². The minimum atomic E-state index is 0.477. The van der Waals surface area contributed by atoms with Crippen LogP contribution in [0, 0.1) is 0 Å². The fraction of sp³-hybridized carbons (Fsp3) is 0.0833. The first-order chi connectivity index (χ1) is 7.31. The average molecular weight is 219 g/mol. The van der Waals surface area contributed by atoms with Gasteiger partial charge in [-0.1, -0.05) is 23.7 Å². The van der Waals surface area contributed by atoms with Crippen molar-refractivity contribution in [3.63, 3.8) is 0 Å². The van der Waals surface area contributed by atoms with Gasteiger partial charge in [0.1, 0.15) is 0 Å². The normalized spacial score (nSPS) is 10.3. The van der Waals surface area contributed by atoms with Crippen molar-refractivity contribution in [2.75, 3.05) is 0 Å². The van der Waals surface area contributed by atoms with E-state index in [9.17, 15) is 0 Å². The van der Waals surface area contributed by atoms with Crippen LogP contribution < -0.4 is 5.73 Å². The lowest BCUT2D eigenvalue weighted by molar-refractivity contribution is 1.07.